The highest BCUT2D eigenvalue weighted by atomic mass is 79.9. The molecule has 0 spiro atoms. The van der Waals surface area contributed by atoms with E-state index in [-0.39, 0.29) is 11.1 Å². The Kier molecular flexibility index (Phi) is 14.7. The van der Waals surface area contributed by atoms with E-state index in [2.05, 4.69) is 94.0 Å². The van der Waals surface area contributed by atoms with Gasteiger partial charge in [0.1, 0.15) is 5.78 Å². The number of halogens is 3. The topological polar surface area (TPSA) is 118 Å². The summed E-state index contributed by atoms with van der Waals surface area (Å²) in [6.07, 6.45) is 2.52. The monoisotopic (exact) mass is 856 g/mol. The van der Waals surface area contributed by atoms with E-state index in [0.29, 0.717) is 33.1 Å². The Balaban J connectivity index is 0.000000183. The van der Waals surface area contributed by atoms with E-state index in [1.165, 1.54) is 11.1 Å². The van der Waals surface area contributed by atoms with E-state index in [0.717, 1.165) is 56.6 Å². The number of aromatic carboxylic acids is 2. The van der Waals surface area contributed by atoms with E-state index in [1.54, 1.807) is 36.4 Å². The molecule has 4 aromatic carbocycles. The summed E-state index contributed by atoms with van der Waals surface area (Å²) in [7, 11) is 0. The Morgan fingerprint density at radius 3 is 1.55 bits per heavy atom. The Hall–Kier alpha value is -3.19. The molecule has 0 aromatic heterocycles. The second-order valence-electron chi connectivity index (χ2n) is 12.0. The third-order valence-electron chi connectivity index (χ3n) is 8.47. The molecule has 2 aliphatic heterocycles. The van der Waals surface area contributed by atoms with Gasteiger partial charge in [-0.05, 0) is 75.8 Å². The zero-order valence-electron chi connectivity index (χ0n) is 26.9. The first kappa shape index (κ1) is 38.6. The molecule has 6 rings (SSSR count). The molecule has 0 saturated carbocycles. The number of carboxylic acids is 2. The minimum atomic E-state index is -1.08. The first-order chi connectivity index (χ1) is 23.4. The van der Waals surface area contributed by atoms with Crippen molar-refractivity contribution in [3.05, 3.63) is 138 Å². The van der Waals surface area contributed by atoms with Crippen LogP contribution in [0.1, 0.15) is 63.1 Å². The number of carbonyl (C=O) groups is 3. The normalized spacial score (nSPS) is 16.0. The van der Waals surface area contributed by atoms with Crippen LogP contribution in [-0.2, 0) is 23.5 Å². The number of hydrogen-bond acceptors (Lipinski definition) is 6. The van der Waals surface area contributed by atoms with Crippen molar-refractivity contribution in [3.8, 4) is 0 Å². The maximum absolute atomic E-state index is 11.5. The summed E-state index contributed by atoms with van der Waals surface area (Å²) in [4.78, 5) is 37.7. The number of likely N-dealkylation sites (tertiary alicyclic amines) is 2. The molecular formula is C38H39Br3N2O6. The van der Waals surface area contributed by atoms with Gasteiger partial charge < -0.3 is 15.3 Å². The van der Waals surface area contributed by atoms with Crippen molar-refractivity contribution in [1.82, 2.24) is 9.80 Å². The van der Waals surface area contributed by atoms with Gasteiger partial charge in [0.15, 0.2) is 0 Å². The summed E-state index contributed by atoms with van der Waals surface area (Å²) < 4.78 is 2.06. The number of hydrogen-bond donors (Lipinski definition) is 3. The molecule has 4 aromatic rings. The number of carbonyl (C=O) groups excluding carboxylic acids is 1. The van der Waals surface area contributed by atoms with E-state index >= 15 is 0 Å². The summed E-state index contributed by atoms with van der Waals surface area (Å²) in [6.45, 7) is 5.15. The number of benzene rings is 4. The maximum Gasteiger partial charge on any atom is 0.336 e. The number of Topliss-reactive ketones (excluding diaryl/α,β-unsaturated/α-hetero) is 1. The van der Waals surface area contributed by atoms with E-state index < -0.39 is 17.5 Å². The van der Waals surface area contributed by atoms with Crippen molar-refractivity contribution < 1.29 is 29.7 Å². The van der Waals surface area contributed by atoms with E-state index in [4.69, 9.17) is 5.11 Å². The van der Waals surface area contributed by atoms with Gasteiger partial charge in [0.05, 0.1) is 16.7 Å². The molecule has 0 unspecified atom stereocenters. The van der Waals surface area contributed by atoms with Crippen LogP contribution in [0.3, 0.4) is 0 Å². The van der Waals surface area contributed by atoms with Crippen LogP contribution < -0.4 is 0 Å². The van der Waals surface area contributed by atoms with Gasteiger partial charge in [-0.1, -0.05) is 98.6 Å². The van der Waals surface area contributed by atoms with Gasteiger partial charge in [0, 0.05) is 65.5 Å². The smallest absolute Gasteiger partial charge is 0.336 e. The summed E-state index contributed by atoms with van der Waals surface area (Å²) >= 11 is 9.61. The van der Waals surface area contributed by atoms with Gasteiger partial charge >= 0.3 is 11.9 Å². The number of piperidine rings is 2. The number of rotatable bonds is 7. The molecule has 0 bridgehead atoms. The summed E-state index contributed by atoms with van der Waals surface area (Å²) in [5.41, 5.74) is 2.45. The molecule has 0 atom stereocenters. The van der Waals surface area contributed by atoms with Crippen LogP contribution in [0.25, 0.3) is 0 Å². The fourth-order valence-electron chi connectivity index (χ4n) is 5.75. The van der Waals surface area contributed by atoms with Crippen molar-refractivity contribution in [2.75, 3.05) is 26.2 Å². The lowest BCUT2D eigenvalue weighted by Gasteiger charge is -2.39. The molecular weight excluding hydrogens is 820 g/mol. The van der Waals surface area contributed by atoms with E-state index in [9.17, 15) is 24.6 Å². The largest absolute Gasteiger partial charge is 0.478 e. The quantitative estimate of drug-likeness (QED) is 0.170. The van der Waals surface area contributed by atoms with Crippen LogP contribution in [0.4, 0.5) is 0 Å². The number of carboxylic acid groups (broad SMARTS) is 2. The number of ketones is 1. The average Bonchev–Trinajstić information content (AvgIpc) is 3.09. The molecule has 0 radical (unpaired) electrons. The molecule has 2 fully saturated rings. The molecule has 2 saturated heterocycles. The molecule has 3 N–H and O–H groups in total. The molecule has 11 heteroatoms. The summed E-state index contributed by atoms with van der Waals surface area (Å²) in [5, 5.41) is 29.1. The van der Waals surface area contributed by atoms with Crippen molar-refractivity contribution in [2.45, 2.75) is 44.4 Å². The molecule has 258 valence electrons. The first-order valence-electron chi connectivity index (χ1n) is 15.9. The molecule has 8 nitrogen and oxygen atoms in total. The Morgan fingerprint density at radius 1 is 0.633 bits per heavy atom. The summed E-state index contributed by atoms with van der Waals surface area (Å²) in [6, 6.07) is 30.7. The second-order valence-corrected chi connectivity index (χ2v) is 14.7. The van der Waals surface area contributed by atoms with Crippen LogP contribution in [0.5, 0.6) is 0 Å². The zero-order chi connectivity index (χ0) is 35.4. The van der Waals surface area contributed by atoms with Gasteiger partial charge in [-0.3, -0.25) is 14.6 Å². The third-order valence-corrected chi connectivity index (χ3v) is 10.1. The minimum absolute atomic E-state index is 0.170. The van der Waals surface area contributed by atoms with Crippen LogP contribution in [0.15, 0.2) is 110 Å². The van der Waals surface area contributed by atoms with Crippen LogP contribution in [0, 0.1) is 0 Å². The van der Waals surface area contributed by atoms with Crippen LogP contribution in [-0.4, -0.2) is 69.0 Å². The fraction of sp³-hybridized carbons (Fsp3) is 0.289. The highest BCUT2D eigenvalue weighted by Gasteiger charge is 2.36. The standard InChI is InChI=1S/C19H20BrNO3.C12H15NO.C7H4Br2O2/c20-15-6-7-17(16(12-15)18(22)23)19(24)8-10-21(11-9-19)13-14-4-2-1-3-5-14;14-12-6-8-13(9-7-12)10-11-4-2-1-3-5-11;8-4-1-2-6(9)5(3-4)7(10)11/h1-7,12,24H,8-11,13H2,(H,22,23);1-5H,6-10H2;1-3H,(H,10,11). The van der Waals surface area contributed by atoms with Crippen molar-refractivity contribution in [3.63, 3.8) is 0 Å². The molecule has 0 amide bonds. The van der Waals surface area contributed by atoms with Gasteiger partial charge in [-0.2, -0.15) is 0 Å². The first-order valence-corrected chi connectivity index (χ1v) is 18.3. The Labute approximate surface area is 312 Å². The maximum atomic E-state index is 11.5. The highest BCUT2D eigenvalue weighted by molar-refractivity contribution is 9.11. The highest BCUT2D eigenvalue weighted by Crippen LogP contribution is 2.36. The lowest BCUT2D eigenvalue weighted by atomic mass is 9.82. The van der Waals surface area contributed by atoms with Crippen molar-refractivity contribution in [1.29, 1.82) is 0 Å². The zero-order valence-corrected chi connectivity index (χ0v) is 31.7. The van der Waals surface area contributed by atoms with Gasteiger partial charge in [0.25, 0.3) is 0 Å². The fourth-order valence-corrected chi connectivity index (χ4v) is 6.89. The van der Waals surface area contributed by atoms with Crippen molar-refractivity contribution >= 4 is 65.5 Å². The predicted octanol–water partition coefficient (Wildman–Crippen LogP) is 8.39. The van der Waals surface area contributed by atoms with Gasteiger partial charge in [0.2, 0.25) is 0 Å². The van der Waals surface area contributed by atoms with Gasteiger partial charge in [-0.25, -0.2) is 9.59 Å². The van der Waals surface area contributed by atoms with Crippen LogP contribution >= 0.6 is 47.8 Å². The molecule has 2 heterocycles. The number of aliphatic hydroxyl groups is 1. The van der Waals surface area contributed by atoms with Gasteiger partial charge in [-0.15, -0.1) is 0 Å². The molecule has 49 heavy (non-hydrogen) atoms. The SMILES string of the molecule is O=C(O)c1cc(Br)ccc1Br.O=C(O)c1cc(Br)ccc1C1(O)CCN(Cc2ccccc2)CC1.O=C1CCN(Cc2ccccc2)CC1. The Bertz CT molecular complexity index is 1700. The third kappa shape index (κ3) is 12.0. The summed E-state index contributed by atoms with van der Waals surface area (Å²) in [5.74, 6) is -1.53. The Morgan fingerprint density at radius 2 is 1.08 bits per heavy atom. The predicted molar refractivity (Wildman–Crippen MR) is 201 cm³/mol. The van der Waals surface area contributed by atoms with E-state index in [1.807, 2.05) is 24.3 Å². The average molecular weight is 859 g/mol. The number of nitrogens with zero attached hydrogens (tertiary/aromatic N) is 2. The molecule has 2 aliphatic rings. The molecule has 0 aliphatic carbocycles. The van der Waals surface area contributed by atoms with Crippen LogP contribution in [0.2, 0.25) is 0 Å². The lowest BCUT2D eigenvalue weighted by molar-refractivity contribution is -0.121. The lowest BCUT2D eigenvalue weighted by Crippen LogP contribution is -2.42. The minimum Gasteiger partial charge on any atom is -0.478 e. The second kappa shape index (κ2) is 18.7. The van der Waals surface area contributed by atoms with Crippen molar-refractivity contribution in [2.24, 2.45) is 0 Å².